The van der Waals surface area contributed by atoms with Crippen LogP contribution in [-0.2, 0) is 11.3 Å². The second-order valence-corrected chi connectivity index (χ2v) is 6.06. The lowest BCUT2D eigenvalue weighted by molar-refractivity contribution is -0.116. The number of carbonyl (C=O) groups is 1. The van der Waals surface area contributed by atoms with E-state index in [1.165, 1.54) is 25.3 Å². The van der Waals surface area contributed by atoms with Gasteiger partial charge in [0.1, 0.15) is 11.0 Å². The van der Waals surface area contributed by atoms with Crippen molar-refractivity contribution in [1.29, 1.82) is 0 Å². The lowest BCUT2D eigenvalue weighted by atomic mass is 10.0. The highest BCUT2D eigenvalue weighted by molar-refractivity contribution is 6.29. The second-order valence-electron chi connectivity index (χ2n) is 5.67. The van der Waals surface area contributed by atoms with E-state index in [0.29, 0.717) is 11.7 Å². The molecule has 2 aromatic carbocycles. The van der Waals surface area contributed by atoms with Gasteiger partial charge < -0.3 is 11.1 Å². The topological polar surface area (TPSA) is 68.0 Å². The molecule has 0 spiro atoms. The molecule has 3 N–H and O–H groups in total. The van der Waals surface area contributed by atoms with Crippen LogP contribution in [0.3, 0.4) is 0 Å². The van der Waals surface area contributed by atoms with Gasteiger partial charge in [0.2, 0.25) is 5.91 Å². The summed E-state index contributed by atoms with van der Waals surface area (Å²) in [6.07, 6.45) is 4.79. The third-order valence-electron chi connectivity index (χ3n) is 3.75. The van der Waals surface area contributed by atoms with Crippen molar-refractivity contribution in [2.45, 2.75) is 6.54 Å². The molecule has 0 fully saturated rings. The van der Waals surface area contributed by atoms with Crippen LogP contribution in [0.4, 0.5) is 4.39 Å². The molecule has 6 heteroatoms. The molecule has 0 aliphatic heterocycles. The molecule has 0 aliphatic rings. The van der Waals surface area contributed by atoms with E-state index in [-0.39, 0.29) is 11.7 Å². The zero-order valence-corrected chi connectivity index (χ0v) is 16.2. The first-order valence-electron chi connectivity index (χ1n) is 8.60. The summed E-state index contributed by atoms with van der Waals surface area (Å²) in [6.45, 7) is 0.404. The number of nitrogens with one attached hydrogen (secondary N) is 1. The van der Waals surface area contributed by atoms with Crippen molar-refractivity contribution in [2.24, 2.45) is 5.73 Å². The Hall–Kier alpha value is -3.02. The lowest BCUT2D eigenvalue weighted by Gasteiger charge is -2.06. The van der Waals surface area contributed by atoms with Gasteiger partial charge in [-0.3, -0.25) is 4.79 Å². The number of hydrogen-bond donors (Lipinski definition) is 2. The standard InChI is InChI=1S/C21H16ClFN2O.CH5N/c22-20-10-7-18(14-24-20)17-3-1-2-16(12-17)13-25-21(26)11-6-15-4-8-19(23)9-5-15;1-2/h1-12,14H,13H2,(H,25,26);2H2,1H3/b11-6+;. The maximum atomic E-state index is 12.9. The molecule has 0 saturated heterocycles. The SMILES string of the molecule is CN.O=C(/C=C/c1ccc(F)cc1)NCc1cccc(-c2ccc(Cl)nc2)c1. The molecule has 1 aromatic heterocycles. The molecule has 28 heavy (non-hydrogen) atoms. The molecule has 0 unspecified atom stereocenters. The van der Waals surface area contributed by atoms with Crippen LogP contribution in [0.1, 0.15) is 11.1 Å². The van der Waals surface area contributed by atoms with E-state index in [4.69, 9.17) is 11.6 Å². The fraction of sp³-hybridized carbons (Fsp3) is 0.0909. The van der Waals surface area contributed by atoms with E-state index in [2.05, 4.69) is 16.0 Å². The number of pyridine rings is 1. The van der Waals surface area contributed by atoms with E-state index in [1.807, 2.05) is 30.3 Å². The zero-order valence-electron chi connectivity index (χ0n) is 15.4. The highest BCUT2D eigenvalue weighted by atomic mass is 35.5. The van der Waals surface area contributed by atoms with Gasteiger partial charge in [0, 0.05) is 24.4 Å². The molecule has 0 radical (unpaired) electrons. The Kier molecular flexibility index (Phi) is 8.34. The van der Waals surface area contributed by atoms with Gasteiger partial charge in [0.15, 0.2) is 0 Å². The highest BCUT2D eigenvalue weighted by Crippen LogP contribution is 2.20. The molecule has 3 aromatic rings. The van der Waals surface area contributed by atoms with Crippen molar-refractivity contribution < 1.29 is 9.18 Å². The minimum Gasteiger partial charge on any atom is -0.348 e. The van der Waals surface area contributed by atoms with Crippen LogP contribution in [-0.4, -0.2) is 17.9 Å². The average molecular weight is 398 g/mol. The minimum atomic E-state index is -0.303. The van der Waals surface area contributed by atoms with Crippen LogP contribution < -0.4 is 11.1 Å². The van der Waals surface area contributed by atoms with Crippen LogP contribution in [0, 0.1) is 5.82 Å². The summed E-state index contributed by atoms with van der Waals surface area (Å²) < 4.78 is 12.9. The first-order chi connectivity index (χ1) is 13.6. The summed E-state index contributed by atoms with van der Waals surface area (Å²) in [7, 11) is 1.50. The Labute approximate surface area is 168 Å². The van der Waals surface area contributed by atoms with Crippen molar-refractivity contribution in [1.82, 2.24) is 10.3 Å². The average Bonchev–Trinajstić information content (AvgIpc) is 2.74. The van der Waals surface area contributed by atoms with E-state index in [0.717, 1.165) is 22.3 Å². The number of halogens is 2. The summed E-state index contributed by atoms with van der Waals surface area (Å²) in [5.41, 5.74) is 8.20. The summed E-state index contributed by atoms with van der Waals surface area (Å²) in [5, 5.41) is 3.28. The van der Waals surface area contributed by atoms with E-state index >= 15 is 0 Å². The molecule has 1 heterocycles. The van der Waals surface area contributed by atoms with Gasteiger partial charge in [-0.1, -0.05) is 41.9 Å². The van der Waals surface area contributed by atoms with Crippen LogP contribution in [0.15, 0.2) is 72.9 Å². The molecular weight excluding hydrogens is 377 g/mol. The van der Waals surface area contributed by atoms with Gasteiger partial charge in [0.25, 0.3) is 0 Å². The number of aromatic nitrogens is 1. The van der Waals surface area contributed by atoms with Gasteiger partial charge in [-0.2, -0.15) is 0 Å². The molecular formula is C22H21ClFN3O. The van der Waals surface area contributed by atoms with Crippen molar-refractivity contribution >= 4 is 23.6 Å². The third kappa shape index (κ3) is 6.61. The Morgan fingerprint density at radius 2 is 1.86 bits per heavy atom. The first kappa shape index (κ1) is 21.3. The number of carbonyl (C=O) groups excluding carboxylic acids is 1. The fourth-order valence-corrected chi connectivity index (χ4v) is 2.51. The number of hydrogen-bond acceptors (Lipinski definition) is 3. The molecule has 0 atom stereocenters. The quantitative estimate of drug-likeness (QED) is 0.493. The van der Waals surface area contributed by atoms with Gasteiger partial charge in [-0.05, 0) is 60.1 Å². The summed E-state index contributed by atoms with van der Waals surface area (Å²) in [5.74, 6) is -0.518. The van der Waals surface area contributed by atoms with E-state index in [9.17, 15) is 9.18 Å². The Morgan fingerprint density at radius 3 is 2.54 bits per heavy atom. The molecule has 0 bridgehead atoms. The van der Waals surface area contributed by atoms with Crippen LogP contribution in [0.25, 0.3) is 17.2 Å². The van der Waals surface area contributed by atoms with Gasteiger partial charge in [-0.15, -0.1) is 0 Å². The number of benzene rings is 2. The first-order valence-corrected chi connectivity index (χ1v) is 8.98. The van der Waals surface area contributed by atoms with Crippen molar-refractivity contribution in [2.75, 3.05) is 7.05 Å². The summed E-state index contributed by atoms with van der Waals surface area (Å²) in [6, 6.07) is 17.4. The lowest BCUT2D eigenvalue weighted by Crippen LogP contribution is -2.20. The molecule has 4 nitrogen and oxygen atoms in total. The van der Waals surface area contributed by atoms with Crippen LogP contribution in [0.2, 0.25) is 5.15 Å². The fourth-order valence-electron chi connectivity index (χ4n) is 2.40. The smallest absolute Gasteiger partial charge is 0.244 e. The number of nitrogens with zero attached hydrogens (tertiary/aromatic N) is 1. The normalized spacial score (nSPS) is 10.3. The largest absolute Gasteiger partial charge is 0.348 e. The third-order valence-corrected chi connectivity index (χ3v) is 3.98. The molecule has 1 amide bonds. The minimum absolute atomic E-state index is 0.215. The molecule has 3 rings (SSSR count). The molecule has 0 saturated carbocycles. The predicted molar refractivity (Wildman–Crippen MR) is 112 cm³/mol. The number of amides is 1. The van der Waals surface area contributed by atoms with Gasteiger partial charge in [-0.25, -0.2) is 9.37 Å². The van der Waals surface area contributed by atoms with Crippen LogP contribution >= 0.6 is 11.6 Å². The number of rotatable bonds is 5. The Balaban J connectivity index is 0.00000136. The molecule has 0 aliphatic carbocycles. The van der Waals surface area contributed by atoms with Gasteiger partial charge >= 0.3 is 0 Å². The predicted octanol–water partition coefficient (Wildman–Crippen LogP) is 4.45. The number of nitrogens with two attached hydrogens (primary N) is 1. The van der Waals surface area contributed by atoms with Crippen molar-refractivity contribution in [3.05, 3.63) is 95.0 Å². The highest BCUT2D eigenvalue weighted by Gasteiger charge is 2.02. The van der Waals surface area contributed by atoms with E-state index in [1.54, 1.807) is 30.5 Å². The Morgan fingerprint density at radius 1 is 1.11 bits per heavy atom. The van der Waals surface area contributed by atoms with Crippen LogP contribution in [0.5, 0.6) is 0 Å². The molecule has 144 valence electrons. The van der Waals surface area contributed by atoms with Crippen molar-refractivity contribution in [3.63, 3.8) is 0 Å². The van der Waals surface area contributed by atoms with E-state index < -0.39 is 0 Å². The summed E-state index contributed by atoms with van der Waals surface area (Å²) >= 11 is 5.81. The second kappa shape index (κ2) is 11.0. The Bertz CT molecular complexity index is 925. The van der Waals surface area contributed by atoms with Crippen molar-refractivity contribution in [3.8, 4) is 11.1 Å². The monoisotopic (exact) mass is 397 g/mol. The maximum Gasteiger partial charge on any atom is 0.244 e. The summed E-state index contributed by atoms with van der Waals surface area (Å²) in [4.78, 5) is 16.0. The zero-order chi connectivity index (χ0) is 20.4. The maximum absolute atomic E-state index is 12.9. The van der Waals surface area contributed by atoms with Gasteiger partial charge in [0.05, 0.1) is 0 Å².